The van der Waals surface area contributed by atoms with Crippen LogP contribution in [0, 0.1) is 0 Å². The molecule has 1 amide bonds. The van der Waals surface area contributed by atoms with Crippen molar-refractivity contribution >= 4 is 27.6 Å². The van der Waals surface area contributed by atoms with Gasteiger partial charge in [-0.25, -0.2) is 8.42 Å². The lowest BCUT2D eigenvalue weighted by atomic mass is 10.1. The third kappa shape index (κ3) is 7.77. The Morgan fingerprint density at radius 3 is 2.11 bits per heavy atom. The highest BCUT2D eigenvalue weighted by atomic mass is 32.2. The number of carbonyl (C=O) groups is 2. The molecule has 0 fully saturated rings. The summed E-state index contributed by atoms with van der Waals surface area (Å²) in [6.45, 7) is 2.16. The van der Waals surface area contributed by atoms with E-state index < -0.39 is 22.0 Å². The van der Waals surface area contributed by atoms with Gasteiger partial charge < -0.3 is 10.4 Å². The quantitative estimate of drug-likeness (QED) is 0.317. The Hall–Kier alpha value is -3.49. The Bertz CT molecular complexity index is 1220. The first-order valence-electron chi connectivity index (χ1n) is 11.6. The van der Waals surface area contributed by atoms with Gasteiger partial charge in [0.05, 0.1) is 4.90 Å². The normalized spacial score (nSPS) is 12.1. The maximum Gasteiger partial charge on any atom is 0.322 e. The lowest BCUT2D eigenvalue weighted by Crippen LogP contribution is -2.42. The van der Waals surface area contributed by atoms with Gasteiger partial charge in [0.2, 0.25) is 10.0 Å². The number of carboxylic acids is 1. The highest BCUT2D eigenvalue weighted by molar-refractivity contribution is 7.89. The van der Waals surface area contributed by atoms with Gasteiger partial charge in [-0.3, -0.25) is 9.59 Å². The van der Waals surface area contributed by atoms with Crippen molar-refractivity contribution in [3.05, 3.63) is 95.6 Å². The molecule has 0 saturated carbocycles. The highest BCUT2D eigenvalue weighted by Gasteiger charge is 2.25. The van der Waals surface area contributed by atoms with Crippen LogP contribution >= 0.6 is 0 Å². The van der Waals surface area contributed by atoms with Crippen molar-refractivity contribution in [3.63, 3.8) is 0 Å². The molecule has 0 aliphatic rings. The minimum Gasteiger partial charge on any atom is -0.480 e. The molecule has 0 bridgehead atoms. The largest absolute Gasteiger partial charge is 0.480 e. The topological polar surface area (TPSA) is 113 Å². The lowest BCUT2D eigenvalue weighted by molar-refractivity contribution is -0.138. The van der Waals surface area contributed by atoms with E-state index in [4.69, 9.17) is 0 Å². The first-order valence-corrected chi connectivity index (χ1v) is 13.1. The summed E-state index contributed by atoms with van der Waals surface area (Å²) in [5, 5.41) is 12.2. The number of aliphatic carboxylic acids is 1. The third-order valence-corrected chi connectivity index (χ3v) is 7.07. The van der Waals surface area contributed by atoms with Gasteiger partial charge in [-0.15, -0.1) is 0 Å². The zero-order valence-electron chi connectivity index (χ0n) is 19.6. The number of aryl methyl sites for hydroxylation is 1. The van der Waals surface area contributed by atoms with Gasteiger partial charge >= 0.3 is 5.97 Å². The van der Waals surface area contributed by atoms with Crippen LogP contribution < -0.4 is 10.0 Å². The molecule has 0 heterocycles. The number of nitrogens with one attached hydrogen (secondary N) is 2. The summed E-state index contributed by atoms with van der Waals surface area (Å²) in [6, 6.07) is 20.5. The van der Waals surface area contributed by atoms with Crippen molar-refractivity contribution in [1.82, 2.24) is 4.72 Å². The molecule has 1 unspecified atom stereocenters. The average Bonchev–Trinajstić information content (AvgIpc) is 2.85. The van der Waals surface area contributed by atoms with Gasteiger partial charge in [0.15, 0.2) is 0 Å². The number of unbranched alkanes of at least 4 members (excludes halogenated alkanes) is 2. The fourth-order valence-electron chi connectivity index (χ4n) is 3.61. The molecule has 0 aliphatic heterocycles. The van der Waals surface area contributed by atoms with Gasteiger partial charge in [-0.05, 0) is 66.8 Å². The number of hydrogen-bond donors (Lipinski definition) is 3. The van der Waals surface area contributed by atoms with Gasteiger partial charge in [0.25, 0.3) is 5.91 Å². The van der Waals surface area contributed by atoms with Crippen molar-refractivity contribution < 1.29 is 23.1 Å². The van der Waals surface area contributed by atoms with E-state index in [9.17, 15) is 23.1 Å². The number of amides is 1. The number of hydrogen-bond acceptors (Lipinski definition) is 4. The van der Waals surface area contributed by atoms with E-state index in [-0.39, 0.29) is 17.2 Å². The summed E-state index contributed by atoms with van der Waals surface area (Å²) in [5.41, 5.74) is 2.83. The van der Waals surface area contributed by atoms with Crippen LogP contribution in [0.25, 0.3) is 0 Å². The molecule has 35 heavy (non-hydrogen) atoms. The summed E-state index contributed by atoms with van der Waals surface area (Å²) in [4.78, 5) is 24.1. The second kappa shape index (κ2) is 12.3. The van der Waals surface area contributed by atoms with Crippen molar-refractivity contribution in [2.24, 2.45) is 0 Å². The second-order valence-corrected chi connectivity index (χ2v) is 10.0. The van der Waals surface area contributed by atoms with Crippen LogP contribution in [0.15, 0.2) is 83.8 Å². The molecule has 3 aromatic carbocycles. The van der Waals surface area contributed by atoms with Gasteiger partial charge in [0, 0.05) is 11.3 Å². The summed E-state index contributed by atoms with van der Waals surface area (Å²) in [7, 11) is -4.08. The summed E-state index contributed by atoms with van der Waals surface area (Å²) in [5.74, 6) is -1.56. The van der Waals surface area contributed by atoms with Crippen LogP contribution in [-0.2, 0) is 27.7 Å². The first-order chi connectivity index (χ1) is 16.8. The minimum absolute atomic E-state index is 0.0148. The molecule has 0 radical (unpaired) electrons. The van der Waals surface area contributed by atoms with Crippen LogP contribution in [0.4, 0.5) is 5.69 Å². The Balaban J connectivity index is 1.62. The molecular weight excluding hydrogens is 464 g/mol. The monoisotopic (exact) mass is 494 g/mol. The number of benzene rings is 3. The van der Waals surface area contributed by atoms with Crippen LogP contribution in [0.3, 0.4) is 0 Å². The van der Waals surface area contributed by atoms with E-state index in [0.29, 0.717) is 16.8 Å². The Labute approximate surface area is 206 Å². The molecule has 0 spiro atoms. The SMILES string of the molecule is CCCCCc1ccc(C(=O)Nc2ccc(S(=O)(=O)NC(Cc3ccccc3)C(=O)O)cc2)cc1. The third-order valence-electron chi connectivity index (χ3n) is 5.59. The fraction of sp³-hybridized carbons (Fsp3) is 0.259. The van der Waals surface area contributed by atoms with Crippen molar-refractivity contribution in [2.75, 3.05) is 5.32 Å². The lowest BCUT2D eigenvalue weighted by Gasteiger charge is -2.15. The smallest absolute Gasteiger partial charge is 0.322 e. The molecule has 3 rings (SSSR count). The first kappa shape index (κ1) is 26.1. The molecule has 1 atom stereocenters. The number of sulfonamides is 1. The number of carbonyl (C=O) groups excluding carboxylic acids is 1. The van der Waals surface area contributed by atoms with Gasteiger partial charge in [0.1, 0.15) is 6.04 Å². The van der Waals surface area contributed by atoms with Crippen LogP contribution in [0.1, 0.15) is 47.7 Å². The van der Waals surface area contributed by atoms with E-state index in [1.807, 2.05) is 12.1 Å². The molecular formula is C27H30N2O5S. The summed E-state index contributed by atoms with van der Waals surface area (Å²) >= 11 is 0. The predicted octanol–water partition coefficient (Wildman–Crippen LogP) is 4.65. The van der Waals surface area contributed by atoms with E-state index in [0.717, 1.165) is 19.3 Å². The van der Waals surface area contributed by atoms with E-state index in [2.05, 4.69) is 17.0 Å². The molecule has 7 nitrogen and oxygen atoms in total. The van der Waals surface area contributed by atoms with Crippen LogP contribution in [0.5, 0.6) is 0 Å². The van der Waals surface area contributed by atoms with E-state index in [1.165, 1.54) is 36.2 Å². The minimum atomic E-state index is -4.08. The zero-order chi connectivity index (χ0) is 25.3. The molecule has 184 valence electrons. The molecule has 3 N–H and O–H groups in total. The molecule has 3 aromatic rings. The van der Waals surface area contributed by atoms with Crippen LogP contribution in [-0.4, -0.2) is 31.4 Å². The molecule has 0 aromatic heterocycles. The van der Waals surface area contributed by atoms with E-state index in [1.54, 1.807) is 42.5 Å². The van der Waals surface area contributed by atoms with Crippen molar-refractivity contribution in [3.8, 4) is 0 Å². The summed E-state index contributed by atoms with van der Waals surface area (Å²) < 4.78 is 27.8. The number of rotatable bonds is 12. The average molecular weight is 495 g/mol. The molecule has 0 aliphatic carbocycles. The Kier molecular flexibility index (Phi) is 9.17. The van der Waals surface area contributed by atoms with Crippen molar-refractivity contribution in [1.29, 1.82) is 0 Å². The number of carboxylic acid groups (broad SMARTS) is 1. The van der Waals surface area contributed by atoms with Crippen LogP contribution in [0.2, 0.25) is 0 Å². The molecule has 0 saturated heterocycles. The maximum absolute atomic E-state index is 12.8. The second-order valence-electron chi connectivity index (χ2n) is 8.33. The highest BCUT2D eigenvalue weighted by Crippen LogP contribution is 2.17. The summed E-state index contributed by atoms with van der Waals surface area (Å²) in [6.07, 6.45) is 4.44. The van der Waals surface area contributed by atoms with Gasteiger partial charge in [-0.1, -0.05) is 62.2 Å². The zero-order valence-corrected chi connectivity index (χ0v) is 20.4. The maximum atomic E-state index is 12.8. The predicted molar refractivity (Wildman–Crippen MR) is 136 cm³/mol. The Morgan fingerprint density at radius 1 is 0.857 bits per heavy atom. The van der Waals surface area contributed by atoms with Gasteiger partial charge in [-0.2, -0.15) is 4.72 Å². The standard InChI is InChI=1S/C27H30N2O5S/c1-2-3-5-8-20-11-13-22(14-12-20)26(30)28-23-15-17-24(18-16-23)35(33,34)29-25(27(31)32)19-21-9-6-4-7-10-21/h4,6-7,9-18,25,29H,2-3,5,8,19H2,1H3,(H,28,30)(H,31,32). The Morgan fingerprint density at radius 2 is 1.51 bits per heavy atom. The molecule has 8 heteroatoms. The fourth-order valence-corrected chi connectivity index (χ4v) is 4.80. The van der Waals surface area contributed by atoms with E-state index >= 15 is 0 Å². The van der Waals surface area contributed by atoms with Crippen molar-refractivity contribution in [2.45, 2.75) is 50.0 Å². The number of anilines is 1.